The highest BCUT2D eigenvalue weighted by Crippen LogP contribution is 2.27. The van der Waals surface area contributed by atoms with Gasteiger partial charge in [0.2, 0.25) is 5.91 Å². The van der Waals surface area contributed by atoms with Crippen molar-refractivity contribution in [3.63, 3.8) is 0 Å². The zero-order valence-corrected chi connectivity index (χ0v) is 14.6. The van der Waals surface area contributed by atoms with Crippen molar-refractivity contribution in [2.45, 2.75) is 26.2 Å². The molecule has 0 aliphatic carbocycles. The number of nitrogens with zero attached hydrogens (tertiary/aromatic N) is 2. The van der Waals surface area contributed by atoms with Crippen LogP contribution in [-0.4, -0.2) is 42.0 Å². The second kappa shape index (κ2) is 8.70. The zero-order chi connectivity index (χ0) is 13.9. The molecule has 4 nitrogen and oxygen atoms in total. The van der Waals surface area contributed by atoms with Crippen LogP contribution in [0.25, 0.3) is 0 Å². The summed E-state index contributed by atoms with van der Waals surface area (Å²) in [7, 11) is 0. The molecule has 1 N–H and O–H groups in total. The van der Waals surface area contributed by atoms with Crippen molar-refractivity contribution < 1.29 is 4.79 Å². The summed E-state index contributed by atoms with van der Waals surface area (Å²) in [6, 6.07) is 3.98. The molecule has 2 fully saturated rings. The minimum atomic E-state index is 0. The normalized spacial score (nSPS) is 23.8. The second-order valence-corrected chi connectivity index (χ2v) is 6.12. The monoisotopic (exact) mass is 345 g/mol. The lowest BCUT2D eigenvalue weighted by Gasteiger charge is -2.21. The summed E-state index contributed by atoms with van der Waals surface area (Å²) in [5.74, 6) is 1.80. The van der Waals surface area contributed by atoms with Gasteiger partial charge in [-0.3, -0.25) is 9.78 Å². The number of likely N-dealkylation sites (tertiary alicyclic amines) is 1. The van der Waals surface area contributed by atoms with Crippen molar-refractivity contribution in [2.75, 3.05) is 26.2 Å². The molecule has 1 aromatic rings. The second-order valence-electron chi connectivity index (χ2n) is 6.12. The summed E-state index contributed by atoms with van der Waals surface area (Å²) >= 11 is 0. The first-order valence-corrected chi connectivity index (χ1v) is 7.62. The van der Waals surface area contributed by atoms with Crippen molar-refractivity contribution in [3.8, 4) is 0 Å². The number of hydrogen-bond donors (Lipinski definition) is 1. The van der Waals surface area contributed by atoms with Crippen LogP contribution in [0, 0.1) is 18.8 Å². The average Bonchev–Trinajstić information content (AvgIpc) is 2.80. The Balaban J connectivity index is 0.00000121. The Bertz CT molecular complexity index is 467. The molecule has 0 spiro atoms. The number of carbonyl (C=O) groups excluding carboxylic acids is 1. The number of amides is 1. The minimum Gasteiger partial charge on any atom is -0.342 e. The van der Waals surface area contributed by atoms with Crippen LogP contribution in [0.4, 0.5) is 0 Å². The molecular formula is C16H25Cl2N3O. The van der Waals surface area contributed by atoms with Crippen molar-refractivity contribution in [1.82, 2.24) is 15.2 Å². The Hall–Kier alpha value is -0.840. The lowest BCUT2D eigenvalue weighted by atomic mass is 9.92. The maximum absolute atomic E-state index is 12.4. The smallest absolute Gasteiger partial charge is 0.227 e. The van der Waals surface area contributed by atoms with E-state index in [4.69, 9.17) is 0 Å². The van der Waals surface area contributed by atoms with Crippen LogP contribution in [0.2, 0.25) is 0 Å². The molecule has 0 radical (unpaired) electrons. The van der Waals surface area contributed by atoms with Crippen molar-refractivity contribution in [3.05, 3.63) is 29.6 Å². The molecule has 3 heterocycles. The van der Waals surface area contributed by atoms with E-state index in [-0.39, 0.29) is 30.7 Å². The summed E-state index contributed by atoms with van der Waals surface area (Å²) in [5.41, 5.74) is 2.02. The van der Waals surface area contributed by atoms with E-state index in [9.17, 15) is 4.79 Å². The van der Waals surface area contributed by atoms with Gasteiger partial charge in [0.1, 0.15) is 0 Å². The molecule has 2 aliphatic rings. The highest BCUT2D eigenvalue weighted by molar-refractivity contribution is 5.85. The number of carbonyl (C=O) groups is 1. The highest BCUT2D eigenvalue weighted by Gasteiger charge is 2.31. The summed E-state index contributed by atoms with van der Waals surface area (Å²) in [6.07, 6.45) is 4.61. The van der Waals surface area contributed by atoms with Crippen LogP contribution in [0.1, 0.15) is 24.1 Å². The number of pyridine rings is 1. The van der Waals surface area contributed by atoms with E-state index in [1.165, 1.54) is 0 Å². The highest BCUT2D eigenvalue weighted by atomic mass is 35.5. The maximum atomic E-state index is 12.4. The van der Waals surface area contributed by atoms with Gasteiger partial charge in [-0.05, 0) is 56.3 Å². The van der Waals surface area contributed by atoms with Crippen LogP contribution in [-0.2, 0) is 11.2 Å². The minimum absolute atomic E-state index is 0. The number of aryl methyl sites for hydroxylation is 1. The standard InChI is InChI=1S/C16H23N3O.2ClH/c1-12-2-3-13(9-18-12)8-16(20)19-6-4-14-10-17-11-15(14)5-7-19;;/h2-3,9,14-15,17H,4-8,10-11H2,1H3;2*1H/t14-,15+;;. The number of halogens is 2. The van der Waals surface area contributed by atoms with Gasteiger partial charge in [-0.1, -0.05) is 6.07 Å². The summed E-state index contributed by atoms with van der Waals surface area (Å²) in [4.78, 5) is 18.7. The van der Waals surface area contributed by atoms with Gasteiger partial charge in [-0.25, -0.2) is 0 Å². The molecule has 2 saturated heterocycles. The van der Waals surface area contributed by atoms with Gasteiger partial charge in [0.05, 0.1) is 6.42 Å². The number of aromatic nitrogens is 1. The molecule has 6 heteroatoms. The Morgan fingerprint density at radius 2 is 1.86 bits per heavy atom. The topological polar surface area (TPSA) is 45.2 Å². The van der Waals surface area contributed by atoms with Crippen molar-refractivity contribution in [2.24, 2.45) is 11.8 Å². The number of rotatable bonds is 2. The van der Waals surface area contributed by atoms with E-state index in [1.54, 1.807) is 0 Å². The quantitative estimate of drug-likeness (QED) is 0.893. The Morgan fingerprint density at radius 3 is 2.41 bits per heavy atom. The van der Waals surface area contributed by atoms with E-state index in [1.807, 2.05) is 25.3 Å². The van der Waals surface area contributed by atoms with Crippen LogP contribution in [0.3, 0.4) is 0 Å². The van der Waals surface area contributed by atoms with Crippen LogP contribution < -0.4 is 5.32 Å². The molecule has 0 aromatic carbocycles. The fourth-order valence-corrected chi connectivity index (χ4v) is 3.36. The van der Waals surface area contributed by atoms with Gasteiger partial charge in [-0.15, -0.1) is 24.8 Å². The molecular weight excluding hydrogens is 321 g/mol. The molecule has 1 aromatic heterocycles. The van der Waals surface area contributed by atoms with Gasteiger partial charge >= 0.3 is 0 Å². The molecule has 2 atom stereocenters. The molecule has 0 bridgehead atoms. The van der Waals surface area contributed by atoms with Gasteiger partial charge in [-0.2, -0.15) is 0 Å². The lowest BCUT2D eigenvalue weighted by Crippen LogP contribution is -2.33. The largest absolute Gasteiger partial charge is 0.342 e. The number of nitrogens with one attached hydrogen (secondary N) is 1. The van der Waals surface area contributed by atoms with Crippen molar-refractivity contribution in [1.29, 1.82) is 0 Å². The zero-order valence-electron chi connectivity index (χ0n) is 13.0. The Kier molecular flexibility index (Phi) is 7.60. The number of fused-ring (bicyclic) bond motifs is 1. The third kappa shape index (κ3) is 4.58. The van der Waals surface area contributed by atoms with E-state index >= 15 is 0 Å². The molecule has 3 rings (SSSR count). The van der Waals surface area contributed by atoms with Crippen LogP contribution >= 0.6 is 24.8 Å². The fourth-order valence-electron chi connectivity index (χ4n) is 3.36. The van der Waals surface area contributed by atoms with Crippen molar-refractivity contribution >= 4 is 30.7 Å². The van der Waals surface area contributed by atoms with E-state index in [2.05, 4.69) is 15.2 Å². The first-order valence-electron chi connectivity index (χ1n) is 7.62. The third-order valence-corrected chi connectivity index (χ3v) is 4.70. The average molecular weight is 346 g/mol. The maximum Gasteiger partial charge on any atom is 0.227 e. The van der Waals surface area contributed by atoms with Crippen LogP contribution in [0.15, 0.2) is 18.3 Å². The van der Waals surface area contributed by atoms with E-state index < -0.39 is 0 Å². The molecule has 1 amide bonds. The summed E-state index contributed by atoms with van der Waals surface area (Å²) < 4.78 is 0. The first-order chi connectivity index (χ1) is 9.72. The summed E-state index contributed by atoms with van der Waals surface area (Å²) in [5, 5.41) is 3.47. The van der Waals surface area contributed by atoms with Crippen LogP contribution in [0.5, 0.6) is 0 Å². The number of hydrogen-bond acceptors (Lipinski definition) is 3. The molecule has 22 heavy (non-hydrogen) atoms. The molecule has 0 unspecified atom stereocenters. The summed E-state index contributed by atoms with van der Waals surface area (Å²) in [6.45, 7) is 6.07. The molecule has 124 valence electrons. The lowest BCUT2D eigenvalue weighted by molar-refractivity contribution is -0.130. The first kappa shape index (κ1) is 19.2. The predicted molar refractivity (Wildman–Crippen MR) is 92.8 cm³/mol. The van der Waals surface area contributed by atoms with Gasteiger partial charge < -0.3 is 10.2 Å². The molecule has 2 aliphatic heterocycles. The Morgan fingerprint density at radius 1 is 1.23 bits per heavy atom. The van der Waals surface area contributed by atoms with Gasteiger partial charge in [0.15, 0.2) is 0 Å². The fraction of sp³-hybridized carbons (Fsp3) is 0.625. The Labute approximate surface area is 144 Å². The predicted octanol–water partition coefficient (Wildman–Crippen LogP) is 2.23. The van der Waals surface area contributed by atoms with Gasteiger partial charge in [0, 0.05) is 25.0 Å². The van der Waals surface area contributed by atoms with E-state index in [0.717, 1.165) is 62.1 Å². The SMILES string of the molecule is Cc1ccc(CC(=O)N2CC[C@@H]3CNC[C@@H]3CC2)cn1.Cl.Cl. The van der Waals surface area contributed by atoms with Gasteiger partial charge in [0.25, 0.3) is 0 Å². The van der Waals surface area contributed by atoms with E-state index in [0.29, 0.717) is 6.42 Å². The third-order valence-electron chi connectivity index (χ3n) is 4.70. The molecule has 0 saturated carbocycles.